The first-order valence-electron chi connectivity index (χ1n) is 9.76. The summed E-state index contributed by atoms with van der Waals surface area (Å²) in [6.45, 7) is 0.294. The third-order valence-corrected chi connectivity index (χ3v) is 4.72. The molecular formula is C24H22ClN3O4. The lowest BCUT2D eigenvalue weighted by atomic mass is 10.2. The molecule has 3 rings (SSSR count). The number of rotatable bonds is 9. The number of methoxy groups -OCH3 is 1. The standard InChI is InChI=1S/C24H22ClN3O4/c1-31-20-12-10-19(11-13-20)27-23(29)14-24(30)28-26-15-17-6-3-5-9-22(17)32-16-18-7-2-4-8-21(18)25/h2-13,15H,14,16H2,1H3,(H,27,29)(H,28,30). The lowest BCUT2D eigenvalue weighted by molar-refractivity contribution is -0.126. The number of para-hydroxylation sites is 1. The number of carbonyl (C=O) groups excluding carboxylic acids is 2. The molecule has 0 saturated carbocycles. The molecule has 3 aromatic rings. The number of hydrazone groups is 1. The summed E-state index contributed by atoms with van der Waals surface area (Å²) in [5.41, 5.74) is 4.44. The molecule has 0 radical (unpaired) electrons. The van der Waals surface area contributed by atoms with E-state index in [1.54, 1.807) is 49.6 Å². The third-order valence-electron chi connectivity index (χ3n) is 4.35. The van der Waals surface area contributed by atoms with Crippen LogP contribution in [0.15, 0.2) is 77.9 Å². The maximum absolute atomic E-state index is 12.0. The molecular weight excluding hydrogens is 430 g/mol. The van der Waals surface area contributed by atoms with Gasteiger partial charge in [-0.15, -0.1) is 0 Å². The van der Waals surface area contributed by atoms with Crippen molar-refractivity contribution in [1.82, 2.24) is 5.43 Å². The molecule has 0 aliphatic carbocycles. The summed E-state index contributed by atoms with van der Waals surface area (Å²) in [5, 5.41) is 7.19. The molecule has 164 valence electrons. The second-order valence-corrected chi connectivity index (χ2v) is 7.07. The Bertz CT molecular complexity index is 1100. The Morgan fingerprint density at radius 3 is 2.44 bits per heavy atom. The van der Waals surface area contributed by atoms with Crippen molar-refractivity contribution >= 4 is 35.3 Å². The summed E-state index contributed by atoms with van der Waals surface area (Å²) < 4.78 is 10.9. The van der Waals surface area contributed by atoms with Crippen molar-refractivity contribution in [2.24, 2.45) is 5.10 Å². The smallest absolute Gasteiger partial charge is 0.249 e. The van der Waals surface area contributed by atoms with Crippen LogP contribution in [0, 0.1) is 0 Å². The van der Waals surface area contributed by atoms with Gasteiger partial charge in [-0.05, 0) is 42.5 Å². The first kappa shape index (κ1) is 22.8. The number of amides is 2. The van der Waals surface area contributed by atoms with Crippen molar-refractivity contribution in [2.75, 3.05) is 12.4 Å². The molecule has 0 aromatic heterocycles. The van der Waals surface area contributed by atoms with Crippen LogP contribution in [0.1, 0.15) is 17.5 Å². The van der Waals surface area contributed by atoms with Crippen molar-refractivity contribution in [3.05, 3.63) is 88.9 Å². The zero-order chi connectivity index (χ0) is 22.8. The number of hydrogen-bond acceptors (Lipinski definition) is 5. The zero-order valence-corrected chi connectivity index (χ0v) is 18.1. The molecule has 0 aliphatic rings. The Morgan fingerprint density at radius 1 is 0.969 bits per heavy atom. The molecule has 0 heterocycles. The molecule has 0 saturated heterocycles. The van der Waals surface area contributed by atoms with E-state index in [2.05, 4.69) is 15.8 Å². The lowest BCUT2D eigenvalue weighted by Crippen LogP contribution is -2.24. The molecule has 0 bridgehead atoms. The Morgan fingerprint density at radius 2 is 1.69 bits per heavy atom. The molecule has 3 aromatic carbocycles. The molecule has 2 N–H and O–H groups in total. The van der Waals surface area contributed by atoms with Gasteiger partial charge in [0.25, 0.3) is 0 Å². The minimum absolute atomic E-state index is 0.294. The van der Waals surface area contributed by atoms with Crippen molar-refractivity contribution in [3.63, 3.8) is 0 Å². The Kier molecular flexibility index (Phi) is 8.22. The van der Waals surface area contributed by atoms with E-state index in [-0.39, 0.29) is 6.42 Å². The SMILES string of the molecule is COc1ccc(NC(=O)CC(=O)NN=Cc2ccccc2OCc2ccccc2Cl)cc1. The maximum atomic E-state index is 12.0. The Hall–Kier alpha value is -3.84. The number of ether oxygens (including phenoxy) is 2. The zero-order valence-electron chi connectivity index (χ0n) is 17.4. The van der Waals surface area contributed by atoms with Gasteiger partial charge in [-0.1, -0.05) is 41.9 Å². The molecule has 0 spiro atoms. The van der Waals surface area contributed by atoms with Crippen LogP contribution in [0.25, 0.3) is 0 Å². The van der Waals surface area contributed by atoms with E-state index in [1.165, 1.54) is 6.21 Å². The monoisotopic (exact) mass is 451 g/mol. The molecule has 0 aliphatic heterocycles. The largest absolute Gasteiger partial charge is 0.497 e. The van der Waals surface area contributed by atoms with Crippen LogP contribution >= 0.6 is 11.6 Å². The minimum Gasteiger partial charge on any atom is -0.497 e. The summed E-state index contributed by atoms with van der Waals surface area (Å²) in [6.07, 6.45) is 1.09. The second-order valence-electron chi connectivity index (χ2n) is 6.66. The van der Waals surface area contributed by atoms with Crippen LogP contribution in [0.4, 0.5) is 5.69 Å². The summed E-state index contributed by atoms with van der Waals surface area (Å²) in [4.78, 5) is 24.0. The number of benzene rings is 3. The van der Waals surface area contributed by atoms with Crippen molar-refractivity contribution < 1.29 is 19.1 Å². The fourth-order valence-corrected chi connectivity index (χ4v) is 2.92. The number of carbonyl (C=O) groups is 2. The van der Waals surface area contributed by atoms with Crippen molar-refractivity contribution in [2.45, 2.75) is 13.0 Å². The van der Waals surface area contributed by atoms with Crippen LogP contribution in [0.3, 0.4) is 0 Å². The van der Waals surface area contributed by atoms with Gasteiger partial charge in [0.2, 0.25) is 11.8 Å². The fraction of sp³-hybridized carbons (Fsp3) is 0.125. The molecule has 0 fully saturated rings. The van der Waals surface area contributed by atoms with Crippen molar-refractivity contribution in [1.29, 1.82) is 0 Å². The third kappa shape index (κ3) is 6.85. The summed E-state index contributed by atoms with van der Waals surface area (Å²) in [7, 11) is 1.56. The number of nitrogens with zero attached hydrogens (tertiary/aromatic N) is 1. The lowest BCUT2D eigenvalue weighted by Gasteiger charge is -2.10. The normalized spacial score (nSPS) is 10.6. The van der Waals surface area contributed by atoms with E-state index in [9.17, 15) is 9.59 Å². The molecule has 32 heavy (non-hydrogen) atoms. The molecule has 0 atom stereocenters. The highest BCUT2D eigenvalue weighted by Gasteiger charge is 2.09. The maximum Gasteiger partial charge on any atom is 0.249 e. The highest BCUT2D eigenvalue weighted by Crippen LogP contribution is 2.21. The molecule has 8 heteroatoms. The van der Waals surface area contributed by atoms with Gasteiger partial charge in [-0.2, -0.15) is 5.10 Å². The summed E-state index contributed by atoms with van der Waals surface area (Å²) >= 11 is 6.16. The number of anilines is 1. The second kappa shape index (κ2) is 11.5. The molecule has 7 nitrogen and oxygen atoms in total. The fourth-order valence-electron chi connectivity index (χ4n) is 2.73. The van der Waals surface area contributed by atoms with Crippen LogP contribution in [-0.2, 0) is 16.2 Å². The van der Waals surface area contributed by atoms with Gasteiger partial charge >= 0.3 is 0 Å². The van der Waals surface area contributed by atoms with E-state index in [0.29, 0.717) is 34.4 Å². The van der Waals surface area contributed by atoms with Crippen molar-refractivity contribution in [3.8, 4) is 11.5 Å². The average molecular weight is 452 g/mol. The van der Waals surface area contributed by atoms with Crippen LogP contribution in [-0.4, -0.2) is 25.1 Å². The minimum atomic E-state index is -0.540. The quantitative estimate of drug-likeness (QED) is 0.286. The molecule has 0 unspecified atom stereocenters. The number of halogens is 1. The highest BCUT2D eigenvalue weighted by molar-refractivity contribution is 6.31. The first-order chi connectivity index (χ1) is 15.5. The summed E-state index contributed by atoms with van der Waals surface area (Å²) in [6, 6.07) is 21.5. The number of nitrogens with one attached hydrogen (secondary N) is 2. The first-order valence-corrected chi connectivity index (χ1v) is 10.1. The van der Waals surface area contributed by atoms with E-state index < -0.39 is 11.8 Å². The van der Waals surface area contributed by atoms with E-state index in [4.69, 9.17) is 21.1 Å². The van der Waals surface area contributed by atoms with E-state index in [0.717, 1.165) is 5.56 Å². The van der Waals surface area contributed by atoms with E-state index >= 15 is 0 Å². The summed E-state index contributed by atoms with van der Waals surface area (Å²) in [5.74, 6) is 0.266. The van der Waals surface area contributed by atoms with E-state index in [1.807, 2.05) is 30.3 Å². The van der Waals surface area contributed by atoms with Gasteiger partial charge in [-0.25, -0.2) is 5.43 Å². The average Bonchev–Trinajstić information content (AvgIpc) is 2.79. The van der Waals surface area contributed by atoms with Gasteiger partial charge in [0.1, 0.15) is 24.5 Å². The predicted octanol–water partition coefficient (Wildman–Crippen LogP) is 4.41. The van der Waals surface area contributed by atoms with Crippen LogP contribution in [0.2, 0.25) is 5.02 Å². The molecule has 2 amide bonds. The number of hydrogen-bond donors (Lipinski definition) is 2. The highest BCUT2D eigenvalue weighted by atomic mass is 35.5. The van der Waals surface area contributed by atoms with Gasteiger partial charge in [0, 0.05) is 21.8 Å². The van der Waals surface area contributed by atoms with Gasteiger partial charge < -0.3 is 14.8 Å². The van der Waals surface area contributed by atoms with Crippen LogP contribution < -0.4 is 20.2 Å². The van der Waals surface area contributed by atoms with Gasteiger partial charge in [0.05, 0.1) is 13.3 Å². The topological polar surface area (TPSA) is 89.0 Å². The van der Waals surface area contributed by atoms with Crippen LogP contribution in [0.5, 0.6) is 11.5 Å². The van der Waals surface area contributed by atoms with Gasteiger partial charge in [0.15, 0.2) is 0 Å². The Labute approximate surface area is 191 Å². The van der Waals surface area contributed by atoms with Gasteiger partial charge in [-0.3, -0.25) is 9.59 Å². The Balaban J connectivity index is 1.51. The predicted molar refractivity (Wildman–Crippen MR) is 124 cm³/mol.